The molecule has 1 fully saturated rings. The average molecular weight is 1250 g/mol. The third kappa shape index (κ3) is 18.5. The number of phosphoric acid groups is 3. The number of aromatic nitrogens is 2. The first-order valence-corrected chi connectivity index (χ1v) is 33.8. The number of carboxylic acid groups (broad SMARTS) is 1. The molecule has 2 aromatic carbocycles. The Kier molecular flexibility index (Phi) is 22.5. The number of aliphatic imine (C=N–C) groups is 1. The van der Waals surface area contributed by atoms with E-state index >= 15 is 0 Å². The van der Waals surface area contributed by atoms with Crippen LogP contribution in [0.3, 0.4) is 0 Å². The molecule has 1 aliphatic carbocycles. The number of carbonyl (C=O) groups is 2. The number of allylic oxidation sites excluding steroid dienone is 3. The standard InChI is InChI=1S/C49H64N5O19P3S4/c1-10-50-36-20-38-34(17-28(36)3)43(35-18-29(4)37(51-11-2)21-39(35)70-38)32-15-14-30(19-33(32)46(57)58)44(55)52-25-49(8,9)80-77-26-67-16-12-13-31-23-54(47(59)53-45(31)56)42-22-40(68-27-78-79-48(5,6)7)41(71-42)24-69-75(63,64)73-76(65,66)72-74(60,61)62/h14-15,17-21,23,34,40-43,51H,10-11,16,22,24-27H2,1-9H3,(H,52,55)(H,57,58)(H,63,64)(H,65,66)(H,53,56,59)(H2,60,61,62)/t34?,40-,41-,42-,43?/m1/s1. The number of H-pyrrole nitrogens is 1. The van der Waals surface area contributed by atoms with Gasteiger partial charge in [-0.2, -0.15) is 8.62 Å². The minimum atomic E-state index is -5.80. The molecule has 1 aromatic heterocycles. The normalized spacial score (nSPS) is 21.2. The van der Waals surface area contributed by atoms with E-state index in [1.54, 1.807) is 12.1 Å². The molecule has 7 atom stereocenters. The van der Waals surface area contributed by atoms with Crippen molar-refractivity contribution in [1.82, 2.24) is 14.9 Å². The first-order chi connectivity index (χ1) is 37.4. The lowest BCUT2D eigenvalue weighted by molar-refractivity contribution is -0.0543. The number of ether oxygens (including phenoxy) is 4. The topological polar surface area (TPSA) is 342 Å². The third-order valence-electron chi connectivity index (χ3n) is 11.7. The smallest absolute Gasteiger partial charge is 0.478 e. The summed E-state index contributed by atoms with van der Waals surface area (Å²) in [5.74, 6) is 4.46. The van der Waals surface area contributed by atoms with E-state index in [9.17, 15) is 47.8 Å². The van der Waals surface area contributed by atoms with E-state index in [-0.39, 0.29) is 58.8 Å². The molecule has 2 aliphatic heterocycles. The number of anilines is 1. The average Bonchev–Trinajstić information content (AvgIpc) is 3.86. The first-order valence-electron chi connectivity index (χ1n) is 24.6. The maximum Gasteiger partial charge on any atom is 0.490 e. The molecule has 3 aliphatic rings. The minimum Gasteiger partial charge on any atom is -0.478 e. The first kappa shape index (κ1) is 65.2. The molecule has 1 amide bonds. The van der Waals surface area contributed by atoms with E-state index in [1.807, 2.05) is 80.5 Å². The summed E-state index contributed by atoms with van der Waals surface area (Å²) in [5, 5.41) is 17.0. The summed E-state index contributed by atoms with van der Waals surface area (Å²) in [6, 6.07) is 8.74. The Labute approximate surface area is 477 Å². The van der Waals surface area contributed by atoms with Gasteiger partial charge in [0.25, 0.3) is 11.5 Å². The lowest BCUT2D eigenvalue weighted by Gasteiger charge is -2.37. The van der Waals surface area contributed by atoms with Crippen LogP contribution in [0.4, 0.5) is 5.69 Å². The van der Waals surface area contributed by atoms with Gasteiger partial charge in [-0.05, 0) is 76.4 Å². The number of hydrogen-bond donors (Lipinski definition) is 8. The van der Waals surface area contributed by atoms with E-state index in [0.717, 1.165) is 38.9 Å². The summed E-state index contributed by atoms with van der Waals surface area (Å²) in [6.07, 6.45) is 1.73. The van der Waals surface area contributed by atoms with Crippen molar-refractivity contribution >= 4 is 89.9 Å². The fourth-order valence-electron chi connectivity index (χ4n) is 8.38. The molecule has 0 bridgehead atoms. The quantitative estimate of drug-likeness (QED) is 0.0129. The minimum absolute atomic E-state index is 0.00676. The molecule has 438 valence electrons. The van der Waals surface area contributed by atoms with E-state index in [2.05, 4.69) is 47.1 Å². The predicted molar refractivity (Wildman–Crippen MR) is 308 cm³/mol. The van der Waals surface area contributed by atoms with Gasteiger partial charge in [-0.1, -0.05) is 87.9 Å². The number of phosphoric ester groups is 1. The molecular weight excluding hydrogens is 1180 g/mol. The van der Waals surface area contributed by atoms with Crippen LogP contribution >= 0.6 is 66.6 Å². The number of fused-ring (bicyclic) bond motifs is 2. The highest BCUT2D eigenvalue weighted by Crippen LogP contribution is 2.66. The van der Waals surface area contributed by atoms with Crippen LogP contribution in [0, 0.1) is 24.7 Å². The number of aryl methyl sites for hydroxylation is 1. The summed E-state index contributed by atoms with van der Waals surface area (Å²) in [7, 11) is -11.4. The number of aromatic carboxylic acids is 1. The van der Waals surface area contributed by atoms with Gasteiger partial charge >= 0.3 is 35.1 Å². The van der Waals surface area contributed by atoms with Crippen LogP contribution in [0.15, 0.2) is 74.6 Å². The van der Waals surface area contributed by atoms with Gasteiger partial charge < -0.3 is 54.3 Å². The second kappa shape index (κ2) is 27.6. The van der Waals surface area contributed by atoms with Gasteiger partial charge in [-0.3, -0.25) is 28.7 Å². The molecule has 80 heavy (non-hydrogen) atoms. The Hall–Kier alpha value is -3.94. The number of nitrogens with zero attached hydrogens (tertiary/aromatic N) is 2. The third-order valence-corrected chi connectivity index (χ3v) is 21.5. The van der Waals surface area contributed by atoms with E-state index < -0.39 is 82.3 Å². The van der Waals surface area contributed by atoms with Crippen LogP contribution in [-0.4, -0.2) is 118 Å². The van der Waals surface area contributed by atoms with Crippen LogP contribution in [-0.2, 0) is 41.1 Å². The summed E-state index contributed by atoms with van der Waals surface area (Å²) >= 11 is 0. The van der Waals surface area contributed by atoms with E-state index in [1.165, 1.54) is 49.2 Å². The number of hydrogen-bond acceptors (Lipinski definition) is 20. The summed E-state index contributed by atoms with van der Waals surface area (Å²) in [5.41, 5.74) is 3.31. The Balaban J connectivity index is 1.05. The van der Waals surface area contributed by atoms with Gasteiger partial charge in [0.05, 0.1) is 24.0 Å². The van der Waals surface area contributed by atoms with Crippen molar-refractivity contribution in [3.63, 3.8) is 0 Å². The van der Waals surface area contributed by atoms with Crippen LogP contribution in [0.25, 0.3) is 0 Å². The van der Waals surface area contributed by atoms with Crippen LogP contribution in [0.2, 0.25) is 0 Å². The van der Waals surface area contributed by atoms with Crippen molar-refractivity contribution in [2.45, 2.75) is 103 Å². The SMILES string of the molecule is CCN=C1C=C2Oc3cc(NCC)c(C)cc3C(c3ccc(C(=O)NCC(C)(C)SSCOCC#Cc4cn([C@H]5C[C@@H](OCSSC(C)(C)C)[C@@H](COP(=O)(O)OP(=O)(O)OP(=O)(O)O)O5)c(=O)[nH]c4=O)cc3C(=O)O)C2C=C1C. The molecule has 4 unspecified atom stereocenters. The van der Waals surface area contributed by atoms with Crippen LogP contribution in [0.1, 0.15) is 117 Å². The number of benzene rings is 2. The highest BCUT2D eigenvalue weighted by atomic mass is 33.1. The summed E-state index contributed by atoms with van der Waals surface area (Å²) in [4.78, 5) is 96.7. The van der Waals surface area contributed by atoms with Crippen molar-refractivity contribution in [1.29, 1.82) is 0 Å². The van der Waals surface area contributed by atoms with Crippen LogP contribution in [0.5, 0.6) is 5.75 Å². The van der Waals surface area contributed by atoms with E-state index in [0.29, 0.717) is 30.2 Å². The molecule has 0 radical (unpaired) electrons. The Morgan fingerprint density at radius 1 is 0.963 bits per heavy atom. The highest BCUT2D eigenvalue weighted by molar-refractivity contribution is 8.77. The van der Waals surface area contributed by atoms with Crippen molar-refractivity contribution in [2.24, 2.45) is 10.9 Å². The van der Waals surface area contributed by atoms with Gasteiger partial charge in [0.15, 0.2) is 0 Å². The largest absolute Gasteiger partial charge is 0.490 e. The van der Waals surface area contributed by atoms with Crippen LogP contribution < -0.4 is 26.6 Å². The number of carboxylic acids is 1. The van der Waals surface area contributed by atoms with Crippen molar-refractivity contribution < 1.29 is 80.1 Å². The molecule has 31 heteroatoms. The monoisotopic (exact) mass is 1250 g/mol. The maximum absolute atomic E-state index is 13.7. The number of amides is 1. The molecule has 0 spiro atoms. The van der Waals surface area contributed by atoms with Gasteiger partial charge in [-0.25, -0.2) is 23.3 Å². The zero-order chi connectivity index (χ0) is 59.0. The molecular formula is C49H64N5O19P3S4. The van der Waals surface area contributed by atoms with Gasteiger partial charge in [-0.15, -0.1) is 0 Å². The molecule has 3 heterocycles. The molecule has 3 aromatic rings. The zero-order valence-corrected chi connectivity index (χ0v) is 50.9. The maximum atomic E-state index is 13.7. The second-order valence-corrected chi connectivity index (χ2v) is 30.2. The van der Waals surface area contributed by atoms with Crippen molar-refractivity contribution in [3.05, 3.63) is 114 Å². The van der Waals surface area contributed by atoms with Gasteiger partial charge in [0.2, 0.25) is 0 Å². The predicted octanol–water partition coefficient (Wildman–Crippen LogP) is 8.49. The Morgan fingerprint density at radius 3 is 2.36 bits per heavy atom. The molecule has 1 saturated heterocycles. The number of nitrogens with one attached hydrogen (secondary N) is 3. The number of carbonyl (C=O) groups excluding carboxylic acids is 1. The zero-order valence-electron chi connectivity index (χ0n) is 45.0. The highest BCUT2D eigenvalue weighted by Gasteiger charge is 2.44. The molecule has 8 N–H and O–H groups in total. The van der Waals surface area contributed by atoms with Crippen molar-refractivity contribution in [3.8, 4) is 17.6 Å². The van der Waals surface area contributed by atoms with Gasteiger partial charge in [0.1, 0.15) is 47.9 Å². The fraction of sp³-hybridized carbons (Fsp3) is 0.490. The lowest BCUT2D eigenvalue weighted by Crippen LogP contribution is -2.36. The number of rotatable bonds is 25. The Morgan fingerprint density at radius 2 is 1.69 bits per heavy atom. The summed E-state index contributed by atoms with van der Waals surface area (Å²) < 4.78 is 72.2. The number of aromatic amines is 1. The molecule has 0 saturated carbocycles. The van der Waals surface area contributed by atoms with E-state index in [4.69, 9.17) is 33.3 Å². The molecule has 6 rings (SSSR count). The summed E-state index contributed by atoms with van der Waals surface area (Å²) in [6.45, 7) is 18.2. The Bertz CT molecular complexity index is 3240. The lowest BCUT2D eigenvalue weighted by atomic mass is 9.73. The van der Waals surface area contributed by atoms with Crippen molar-refractivity contribution in [2.75, 3.05) is 50.0 Å². The fourth-order valence-corrected chi connectivity index (χ4v) is 15.5. The second-order valence-electron chi connectivity index (χ2n) is 19.7. The molecule has 24 nitrogen and oxygen atoms in total. The van der Waals surface area contributed by atoms with Gasteiger partial charge in [0, 0.05) is 82.5 Å².